The molecule has 2 N–H and O–H groups in total. The number of benzene rings is 1. The smallest absolute Gasteiger partial charge is 0.328 e. The summed E-state index contributed by atoms with van der Waals surface area (Å²) in [7, 11) is 4.15. The van der Waals surface area contributed by atoms with Crippen molar-refractivity contribution in [2.24, 2.45) is 0 Å². The first-order valence-electron chi connectivity index (χ1n) is 11.1. The van der Waals surface area contributed by atoms with Gasteiger partial charge in [-0.3, -0.25) is 0 Å². The highest BCUT2D eigenvalue weighted by Crippen LogP contribution is 2.28. The number of hydrogen-bond donors (Lipinski definition) is 2. The van der Waals surface area contributed by atoms with E-state index in [-0.39, 0.29) is 0 Å². The maximum atomic E-state index is 9.55. The number of fused-ring (bicyclic) bond motifs is 1. The lowest BCUT2D eigenvalue weighted by Gasteiger charge is -2.10. The van der Waals surface area contributed by atoms with Crippen LogP contribution in [0.2, 0.25) is 0 Å². The number of nitrogens with zero attached hydrogens (tertiary/aromatic N) is 4. The highest BCUT2D eigenvalue weighted by Gasteiger charge is 2.13. The van der Waals surface area contributed by atoms with Crippen molar-refractivity contribution < 1.29 is 24.5 Å². The minimum absolute atomic E-state index is 0.558. The van der Waals surface area contributed by atoms with Crippen molar-refractivity contribution in [2.75, 3.05) is 27.2 Å². The molecule has 0 amide bonds. The summed E-state index contributed by atoms with van der Waals surface area (Å²) in [5, 5.41) is 21.6. The van der Waals surface area contributed by atoms with Crippen LogP contribution in [-0.4, -0.2) is 69.1 Å². The standard InChI is InChI=1S/C21H28N4O.C4H4O4/c1-4-5-15-25-21-19(8-6-13-22-21)20(23-25)17-9-11-18(12-10-17)26-16-7-14-24(2)3;5-3(6)1-2-4(7)8/h6,8-13H,4-5,7,14-16H2,1-3H3;1-2H,(H,5,6)(H,7,8). The molecule has 0 fully saturated rings. The fraction of sp³-hybridized carbons (Fsp3) is 0.360. The number of aromatic nitrogens is 3. The zero-order valence-corrected chi connectivity index (χ0v) is 19.8. The summed E-state index contributed by atoms with van der Waals surface area (Å²) in [5.74, 6) is -1.61. The first kappa shape index (κ1) is 26.5. The molecule has 1 aromatic carbocycles. The van der Waals surface area contributed by atoms with Crippen molar-refractivity contribution in [1.82, 2.24) is 19.7 Å². The molecule has 0 saturated carbocycles. The highest BCUT2D eigenvalue weighted by molar-refractivity contribution is 5.91. The Morgan fingerprint density at radius 2 is 1.74 bits per heavy atom. The van der Waals surface area contributed by atoms with Gasteiger partial charge in [-0.15, -0.1) is 0 Å². The maximum absolute atomic E-state index is 9.55. The Morgan fingerprint density at radius 3 is 2.32 bits per heavy atom. The number of carbonyl (C=O) groups is 2. The summed E-state index contributed by atoms with van der Waals surface area (Å²) in [6.45, 7) is 4.86. The molecule has 9 heteroatoms. The minimum atomic E-state index is -1.26. The topological polar surface area (TPSA) is 118 Å². The minimum Gasteiger partial charge on any atom is -0.494 e. The van der Waals surface area contributed by atoms with Crippen molar-refractivity contribution >= 4 is 23.0 Å². The van der Waals surface area contributed by atoms with Crippen LogP contribution in [0.5, 0.6) is 5.75 Å². The predicted octanol–water partition coefficient (Wildman–Crippen LogP) is 3.94. The van der Waals surface area contributed by atoms with E-state index < -0.39 is 11.9 Å². The number of pyridine rings is 1. The van der Waals surface area contributed by atoms with Crippen LogP contribution in [0.1, 0.15) is 26.2 Å². The zero-order chi connectivity index (χ0) is 24.9. The Kier molecular flexibility index (Phi) is 10.7. The number of carboxylic acids is 2. The fourth-order valence-corrected chi connectivity index (χ4v) is 3.11. The molecule has 0 bridgehead atoms. The molecular formula is C25H32N4O5. The van der Waals surface area contributed by atoms with Crippen molar-refractivity contribution in [3.05, 3.63) is 54.7 Å². The second-order valence-electron chi connectivity index (χ2n) is 7.84. The summed E-state index contributed by atoms with van der Waals surface area (Å²) in [6.07, 6.45) is 6.22. The van der Waals surface area contributed by atoms with Gasteiger partial charge in [0.2, 0.25) is 0 Å². The Labute approximate surface area is 199 Å². The average Bonchev–Trinajstić information content (AvgIpc) is 3.18. The Hall–Kier alpha value is -3.72. The molecule has 9 nitrogen and oxygen atoms in total. The number of carboxylic acid groups (broad SMARTS) is 2. The lowest BCUT2D eigenvalue weighted by molar-refractivity contribution is -0.134. The molecule has 0 radical (unpaired) electrons. The third-order valence-corrected chi connectivity index (χ3v) is 4.75. The number of aliphatic carboxylic acids is 2. The van der Waals surface area contributed by atoms with Gasteiger partial charge in [-0.25, -0.2) is 19.3 Å². The third-order valence-electron chi connectivity index (χ3n) is 4.75. The van der Waals surface area contributed by atoms with E-state index >= 15 is 0 Å². The van der Waals surface area contributed by atoms with Crippen molar-refractivity contribution in [3.63, 3.8) is 0 Å². The molecule has 182 valence electrons. The quantitative estimate of drug-likeness (QED) is 0.321. The van der Waals surface area contributed by atoms with E-state index in [4.69, 9.17) is 20.0 Å². The second-order valence-corrected chi connectivity index (χ2v) is 7.84. The molecule has 0 atom stereocenters. The highest BCUT2D eigenvalue weighted by atomic mass is 16.5. The molecule has 2 aromatic heterocycles. The van der Waals surface area contributed by atoms with E-state index in [9.17, 15) is 9.59 Å². The van der Waals surface area contributed by atoms with Crippen LogP contribution in [0, 0.1) is 0 Å². The normalized spacial score (nSPS) is 10.9. The van der Waals surface area contributed by atoms with E-state index in [0.717, 1.165) is 67.0 Å². The van der Waals surface area contributed by atoms with Gasteiger partial charge >= 0.3 is 11.9 Å². The lowest BCUT2D eigenvalue weighted by atomic mass is 10.1. The first-order chi connectivity index (χ1) is 16.3. The summed E-state index contributed by atoms with van der Waals surface area (Å²) in [4.78, 5) is 25.8. The van der Waals surface area contributed by atoms with Crippen LogP contribution in [0.4, 0.5) is 0 Å². The number of rotatable bonds is 11. The molecule has 0 aliphatic carbocycles. The summed E-state index contributed by atoms with van der Waals surface area (Å²) < 4.78 is 7.86. The lowest BCUT2D eigenvalue weighted by Crippen LogP contribution is -2.15. The Bertz CT molecular complexity index is 1070. The molecular weight excluding hydrogens is 436 g/mol. The van der Waals surface area contributed by atoms with Gasteiger partial charge in [0.1, 0.15) is 11.4 Å². The summed E-state index contributed by atoms with van der Waals surface area (Å²) >= 11 is 0. The molecule has 3 aromatic rings. The van der Waals surface area contributed by atoms with Crippen molar-refractivity contribution in [1.29, 1.82) is 0 Å². The predicted molar refractivity (Wildman–Crippen MR) is 131 cm³/mol. The molecule has 0 spiro atoms. The molecule has 0 unspecified atom stereocenters. The van der Waals surface area contributed by atoms with Crippen LogP contribution in [0.25, 0.3) is 22.3 Å². The van der Waals surface area contributed by atoms with E-state index in [0.29, 0.717) is 12.2 Å². The van der Waals surface area contributed by atoms with Crippen molar-refractivity contribution in [3.8, 4) is 17.0 Å². The number of aryl methyl sites for hydroxylation is 1. The fourth-order valence-electron chi connectivity index (χ4n) is 3.11. The van der Waals surface area contributed by atoms with E-state index in [1.807, 2.05) is 29.1 Å². The van der Waals surface area contributed by atoms with Gasteiger partial charge in [0, 0.05) is 42.4 Å². The molecule has 0 aliphatic rings. The van der Waals surface area contributed by atoms with Crippen LogP contribution in [0.3, 0.4) is 0 Å². The van der Waals surface area contributed by atoms with Gasteiger partial charge in [0.15, 0.2) is 5.65 Å². The summed E-state index contributed by atoms with van der Waals surface area (Å²) in [6, 6.07) is 12.3. The van der Waals surface area contributed by atoms with Gasteiger partial charge < -0.3 is 19.8 Å². The van der Waals surface area contributed by atoms with Gasteiger partial charge in [-0.2, -0.15) is 5.10 Å². The van der Waals surface area contributed by atoms with Gasteiger partial charge in [0.05, 0.1) is 6.61 Å². The van der Waals surface area contributed by atoms with Gasteiger partial charge in [-0.1, -0.05) is 13.3 Å². The van der Waals surface area contributed by atoms with E-state index in [1.54, 1.807) is 0 Å². The number of ether oxygens (including phenoxy) is 1. The van der Waals surface area contributed by atoms with Crippen LogP contribution >= 0.6 is 0 Å². The van der Waals surface area contributed by atoms with Gasteiger partial charge in [-0.05, 0) is 63.3 Å². The maximum Gasteiger partial charge on any atom is 0.328 e. The van der Waals surface area contributed by atoms with E-state index in [2.05, 4.69) is 49.1 Å². The van der Waals surface area contributed by atoms with Gasteiger partial charge in [0.25, 0.3) is 0 Å². The molecule has 0 aliphatic heterocycles. The average molecular weight is 469 g/mol. The molecule has 2 heterocycles. The third kappa shape index (κ3) is 8.67. The van der Waals surface area contributed by atoms with Crippen LogP contribution in [-0.2, 0) is 16.1 Å². The Morgan fingerprint density at radius 1 is 1.06 bits per heavy atom. The second kappa shape index (κ2) is 13.7. The number of unbranched alkanes of at least 4 members (excludes halogenated alkanes) is 1. The monoisotopic (exact) mass is 468 g/mol. The van der Waals surface area contributed by atoms with E-state index in [1.165, 1.54) is 0 Å². The zero-order valence-electron chi connectivity index (χ0n) is 19.8. The van der Waals surface area contributed by atoms with Crippen molar-refractivity contribution in [2.45, 2.75) is 32.7 Å². The Balaban J connectivity index is 0.000000440. The van der Waals surface area contributed by atoms with Crippen LogP contribution < -0.4 is 4.74 Å². The number of hydrogen-bond acceptors (Lipinski definition) is 6. The van der Waals surface area contributed by atoms with Crippen LogP contribution in [0.15, 0.2) is 54.7 Å². The SMILES string of the molecule is CCCCn1nc(-c2ccc(OCCCN(C)C)cc2)c2cccnc21.O=C(O)C=CC(=O)O. The summed E-state index contributed by atoms with van der Waals surface area (Å²) in [5.41, 5.74) is 3.04. The molecule has 3 rings (SSSR count). The first-order valence-corrected chi connectivity index (χ1v) is 11.1. The molecule has 34 heavy (non-hydrogen) atoms. The molecule has 0 saturated heterocycles. The largest absolute Gasteiger partial charge is 0.494 e.